The molecule has 0 spiro atoms. The Morgan fingerprint density at radius 1 is 1.11 bits per heavy atom. The highest BCUT2D eigenvalue weighted by Crippen LogP contribution is 2.25. The second-order valence-corrected chi connectivity index (χ2v) is 8.83. The molecule has 27 heavy (non-hydrogen) atoms. The zero-order valence-electron chi connectivity index (χ0n) is 15.2. The van der Waals surface area contributed by atoms with E-state index in [-0.39, 0.29) is 29.5 Å². The SMILES string of the molecule is COC1CC(C(=O)O)N(C(=O)c2ccc(S(=O)(=O)N3CCCCC3)cc2)C1. The summed E-state index contributed by atoms with van der Waals surface area (Å²) in [6, 6.07) is 4.77. The highest BCUT2D eigenvalue weighted by molar-refractivity contribution is 7.89. The fraction of sp³-hybridized carbons (Fsp3) is 0.556. The van der Waals surface area contributed by atoms with E-state index in [9.17, 15) is 23.1 Å². The second kappa shape index (κ2) is 7.95. The third kappa shape index (κ3) is 3.99. The van der Waals surface area contributed by atoms with Gasteiger partial charge in [-0.05, 0) is 37.1 Å². The van der Waals surface area contributed by atoms with Crippen LogP contribution < -0.4 is 0 Å². The van der Waals surface area contributed by atoms with Crippen molar-refractivity contribution in [3.05, 3.63) is 29.8 Å². The summed E-state index contributed by atoms with van der Waals surface area (Å²) in [5, 5.41) is 9.35. The van der Waals surface area contributed by atoms with Gasteiger partial charge in [0.2, 0.25) is 10.0 Å². The Morgan fingerprint density at radius 2 is 1.74 bits per heavy atom. The lowest BCUT2D eigenvalue weighted by atomic mass is 10.1. The third-order valence-electron chi connectivity index (χ3n) is 5.20. The quantitative estimate of drug-likeness (QED) is 0.801. The lowest BCUT2D eigenvalue weighted by Gasteiger charge is -2.26. The minimum atomic E-state index is -3.57. The van der Waals surface area contributed by atoms with Gasteiger partial charge < -0.3 is 14.7 Å². The van der Waals surface area contributed by atoms with Gasteiger partial charge in [-0.25, -0.2) is 13.2 Å². The summed E-state index contributed by atoms with van der Waals surface area (Å²) in [6.07, 6.45) is 2.64. The average molecular weight is 396 g/mol. The smallest absolute Gasteiger partial charge is 0.326 e. The number of carboxylic acids is 1. The Bertz CT molecular complexity index is 802. The molecule has 0 aromatic heterocycles. The number of rotatable bonds is 5. The molecule has 1 amide bonds. The van der Waals surface area contributed by atoms with Crippen LogP contribution in [-0.2, 0) is 19.6 Å². The van der Waals surface area contributed by atoms with Crippen molar-refractivity contribution in [3.8, 4) is 0 Å². The number of ether oxygens (including phenoxy) is 1. The first-order valence-electron chi connectivity index (χ1n) is 9.01. The van der Waals surface area contributed by atoms with Gasteiger partial charge in [0.1, 0.15) is 6.04 Å². The molecule has 1 aromatic rings. The van der Waals surface area contributed by atoms with Crippen molar-refractivity contribution in [3.63, 3.8) is 0 Å². The van der Waals surface area contributed by atoms with Crippen molar-refractivity contribution in [2.24, 2.45) is 0 Å². The van der Waals surface area contributed by atoms with E-state index >= 15 is 0 Å². The van der Waals surface area contributed by atoms with Gasteiger partial charge in [-0.1, -0.05) is 6.42 Å². The summed E-state index contributed by atoms with van der Waals surface area (Å²) >= 11 is 0. The van der Waals surface area contributed by atoms with Crippen LogP contribution in [0.1, 0.15) is 36.0 Å². The zero-order valence-corrected chi connectivity index (χ0v) is 16.0. The van der Waals surface area contributed by atoms with E-state index in [1.807, 2.05) is 0 Å². The summed E-state index contributed by atoms with van der Waals surface area (Å²) in [4.78, 5) is 25.6. The predicted octanol–water partition coefficient (Wildman–Crippen LogP) is 1.18. The number of benzene rings is 1. The van der Waals surface area contributed by atoms with Crippen LogP contribution in [-0.4, -0.2) is 73.5 Å². The van der Waals surface area contributed by atoms with E-state index in [2.05, 4.69) is 0 Å². The first-order chi connectivity index (χ1) is 12.8. The lowest BCUT2D eigenvalue weighted by molar-refractivity contribution is -0.141. The Hall–Kier alpha value is -1.97. The first kappa shape index (κ1) is 19.8. The highest BCUT2D eigenvalue weighted by Gasteiger charge is 2.40. The Morgan fingerprint density at radius 3 is 2.30 bits per heavy atom. The highest BCUT2D eigenvalue weighted by atomic mass is 32.2. The number of nitrogens with zero attached hydrogens (tertiary/aromatic N) is 2. The lowest BCUT2D eigenvalue weighted by Crippen LogP contribution is -2.40. The molecule has 1 aromatic carbocycles. The normalized spacial score (nSPS) is 24.1. The Labute approximate surface area is 158 Å². The van der Waals surface area contributed by atoms with Crippen LogP contribution in [0.25, 0.3) is 0 Å². The van der Waals surface area contributed by atoms with E-state index < -0.39 is 27.9 Å². The number of likely N-dealkylation sites (tertiary alicyclic amines) is 1. The molecule has 1 N–H and O–H groups in total. The standard InChI is InChI=1S/C18H24N2O6S/c1-26-14-11-16(18(22)23)20(12-14)17(21)13-5-7-15(8-6-13)27(24,25)19-9-3-2-4-10-19/h5-8,14,16H,2-4,9-12H2,1H3,(H,22,23). The Kier molecular flexibility index (Phi) is 5.83. The van der Waals surface area contributed by atoms with Gasteiger partial charge in [-0.15, -0.1) is 0 Å². The van der Waals surface area contributed by atoms with Gasteiger partial charge >= 0.3 is 5.97 Å². The number of amides is 1. The van der Waals surface area contributed by atoms with E-state index in [1.54, 1.807) is 0 Å². The fourth-order valence-corrected chi connectivity index (χ4v) is 5.13. The number of carbonyl (C=O) groups excluding carboxylic acids is 1. The number of aliphatic carboxylic acids is 1. The second-order valence-electron chi connectivity index (χ2n) is 6.89. The molecule has 2 fully saturated rings. The van der Waals surface area contributed by atoms with Crippen molar-refractivity contribution in [1.82, 2.24) is 9.21 Å². The van der Waals surface area contributed by atoms with Crippen LogP contribution in [0.5, 0.6) is 0 Å². The van der Waals surface area contributed by atoms with E-state index in [0.717, 1.165) is 19.3 Å². The van der Waals surface area contributed by atoms with Gasteiger partial charge in [0.15, 0.2) is 0 Å². The first-order valence-corrected chi connectivity index (χ1v) is 10.5. The van der Waals surface area contributed by atoms with Gasteiger partial charge in [-0.2, -0.15) is 4.31 Å². The zero-order chi connectivity index (χ0) is 19.6. The molecule has 0 radical (unpaired) electrons. The molecule has 2 unspecified atom stereocenters. The summed E-state index contributed by atoms with van der Waals surface area (Å²) in [5.41, 5.74) is 0.260. The van der Waals surface area contributed by atoms with Crippen LogP contribution in [0.3, 0.4) is 0 Å². The molecule has 148 valence electrons. The predicted molar refractivity (Wildman–Crippen MR) is 96.9 cm³/mol. The number of hydrogen-bond donors (Lipinski definition) is 1. The largest absolute Gasteiger partial charge is 0.480 e. The summed E-state index contributed by atoms with van der Waals surface area (Å²) in [7, 11) is -2.08. The summed E-state index contributed by atoms with van der Waals surface area (Å²) < 4.78 is 32.0. The fourth-order valence-electron chi connectivity index (χ4n) is 3.62. The maximum Gasteiger partial charge on any atom is 0.326 e. The van der Waals surface area contributed by atoms with Crippen molar-refractivity contribution < 1.29 is 27.9 Å². The molecule has 8 nitrogen and oxygen atoms in total. The summed E-state index contributed by atoms with van der Waals surface area (Å²) in [6.45, 7) is 1.21. The number of carbonyl (C=O) groups is 2. The van der Waals surface area contributed by atoms with Crippen LogP contribution in [0, 0.1) is 0 Å². The van der Waals surface area contributed by atoms with E-state index in [4.69, 9.17) is 4.74 Å². The average Bonchev–Trinajstić information content (AvgIpc) is 3.13. The summed E-state index contributed by atoms with van der Waals surface area (Å²) in [5.74, 6) is -1.52. The van der Waals surface area contributed by atoms with Crippen molar-refractivity contribution in [1.29, 1.82) is 0 Å². The molecule has 2 heterocycles. The van der Waals surface area contributed by atoms with Crippen LogP contribution in [0.4, 0.5) is 0 Å². The van der Waals surface area contributed by atoms with Crippen LogP contribution in [0.15, 0.2) is 29.2 Å². The molecule has 2 aliphatic rings. The maximum absolute atomic E-state index is 12.7. The van der Waals surface area contributed by atoms with Gasteiger partial charge in [0.25, 0.3) is 5.91 Å². The van der Waals surface area contributed by atoms with Gasteiger partial charge in [0.05, 0.1) is 11.0 Å². The monoisotopic (exact) mass is 396 g/mol. The van der Waals surface area contributed by atoms with Crippen molar-refractivity contribution in [2.75, 3.05) is 26.7 Å². The molecule has 0 bridgehead atoms. The molecule has 2 saturated heterocycles. The van der Waals surface area contributed by atoms with E-state index in [1.165, 1.54) is 40.6 Å². The molecular formula is C18H24N2O6S. The van der Waals surface area contributed by atoms with Crippen molar-refractivity contribution in [2.45, 2.75) is 42.7 Å². The molecule has 3 rings (SSSR count). The maximum atomic E-state index is 12.7. The van der Waals surface area contributed by atoms with Gasteiger partial charge in [-0.3, -0.25) is 4.79 Å². The molecule has 2 atom stereocenters. The van der Waals surface area contributed by atoms with E-state index in [0.29, 0.717) is 13.1 Å². The molecular weight excluding hydrogens is 372 g/mol. The molecule has 0 saturated carbocycles. The molecule has 9 heteroatoms. The third-order valence-corrected chi connectivity index (χ3v) is 7.11. The molecule has 0 aliphatic carbocycles. The minimum Gasteiger partial charge on any atom is -0.480 e. The van der Waals surface area contributed by atoms with Gasteiger partial charge in [0, 0.05) is 38.7 Å². The topological polar surface area (TPSA) is 104 Å². The van der Waals surface area contributed by atoms with Crippen LogP contribution >= 0.6 is 0 Å². The number of hydrogen-bond acceptors (Lipinski definition) is 5. The number of carboxylic acid groups (broad SMARTS) is 1. The van der Waals surface area contributed by atoms with Crippen molar-refractivity contribution >= 4 is 21.9 Å². The Balaban J connectivity index is 1.78. The number of methoxy groups -OCH3 is 1. The number of piperidine rings is 1. The minimum absolute atomic E-state index is 0.145. The molecule has 2 aliphatic heterocycles. The number of sulfonamides is 1. The van der Waals surface area contributed by atoms with Crippen LogP contribution in [0.2, 0.25) is 0 Å².